The Morgan fingerprint density at radius 3 is 2.39 bits per heavy atom. The lowest BCUT2D eigenvalue weighted by atomic mass is 10.3. The van der Waals surface area contributed by atoms with Gasteiger partial charge in [0.05, 0.1) is 11.1 Å². The summed E-state index contributed by atoms with van der Waals surface area (Å²) >= 11 is 0. The maximum atomic E-state index is 12.0. The van der Waals surface area contributed by atoms with Crippen LogP contribution in [0.2, 0.25) is 0 Å². The fraction of sp³-hybridized carbons (Fsp3) is 0.100. The summed E-state index contributed by atoms with van der Waals surface area (Å²) in [6.45, 7) is 0. The monoisotopic (exact) mass is 267 g/mol. The molecule has 2 aromatic rings. The predicted molar refractivity (Wildman–Crippen MR) is 68.3 cm³/mol. The second-order valence-corrected chi connectivity index (χ2v) is 5.30. The molecule has 1 aromatic heterocycles. The van der Waals surface area contributed by atoms with E-state index in [-0.39, 0.29) is 4.90 Å². The average Bonchev–Trinajstić information content (AvgIpc) is 2.74. The maximum Gasteiger partial charge on any atom is 0.263 e. The molecule has 0 radical (unpaired) electrons. The molecule has 2 rings (SSSR count). The number of nitrogen functional groups attached to an aromatic ring is 1. The minimum absolute atomic E-state index is 0.155. The molecule has 1 heterocycles. The van der Waals surface area contributed by atoms with Crippen molar-refractivity contribution in [3.63, 3.8) is 0 Å². The third-order valence-corrected chi connectivity index (χ3v) is 3.76. The van der Waals surface area contributed by atoms with E-state index in [9.17, 15) is 8.42 Å². The maximum absolute atomic E-state index is 12.0. The van der Waals surface area contributed by atoms with E-state index >= 15 is 0 Å². The van der Waals surface area contributed by atoms with Crippen molar-refractivity contribution in [2.24, 2.45) is 12.9 Å². The van der Waals surface area contributed by atoms with Crippen LogP contribution in [0.15, 0.2) is 41.4 Å². The van der Waals surface area contributed by atoms with E-state index < -0.39 is 10.0 Å². The number of anilines is 2. The van der Waals surface area contributed by atoms with Crippen LogP contribution in [0.25, 0.3) is 0 Å². The first-order valence-corrected chi connectivity index (χ1v) is 6.59. The lowest BCUT2D eigenvalue weighted by Gasteiger charge is -2.08. The molecule has 0 bridgehead atoms. The zero-order chi connectivity index (χ0) is 13.2. The molecule has 0 aliphatic carbocycles. The number of aromatic nitrogens is 2. The summed E-state index contributed by atoms with van der Waals surface area (Å²) in [5, 5.41) is 3.89. The summed E-state index contributed by atoms with van der Waals surface area (Å²) in [6, 6.07) is 7.67. The number of nitrogens with zero attached hydrogens (tertiary/aromatic N) is 2. The van der Waals surface area contributed by atoms with E-state index in [1.165, 1.54) is 23.0 Å². The molecule has 18 heavy (non-hydrogen) atoms. The zero-order valence-electron chi connectivity index (χ0n) is 9.66. The van der Waals surface area contributed by atoms with E-state index in [2.05, 4.69) is 15.2 Å². The Kier molecular flexibility index (Phi) is 3.21. The third-order valence-electron chi connectivity index (χ3n) is 2.39. The van der Waals surface area contributed by atoms with Crippen LogP contribution in [-0.2, 0) is 17.1 Å². The third kappa shape index (κ3) is 2.44. The Morgan fingerprint density at radius 2 is 1.89 bits per heavy atom. The number of rotatable bonds is 4. The van der Waals surface area contributed by atoms with Gasteiger partial charge in [0.1, 0.15) is 5.82 Å². The molecule has 4 N–H and O–H groups in total. The van der Waals surface area contributed by atoms with Gasteiger partial charge in [0.15, 0.2) is 0 Å². The van der Waals surface area contributed by atoms with Gasteiger partial charge >= 0.3 is 0 Å². The Balaban J connectivity index is 2.28. The highest BCUT2D eigenvalue weighted by atomic mass is 32.2. The molecule has 96 valence electrons. The van der Waals surface area contributed by atoms with Crippen LogP contribution in [-0.4, -0.2) is 18.2 Å². The van der Waals surface area contributed by atoms with Gasteiger partial charge in [-0.3, -0.25) is 15.2 Å². The molecule has 0 unspecified atom stereocenters. The van der Waals surface area contributed by atoms with Crippen LogP contribution in [0.5, 0.6) is 0 Å². The first kappa shape index (κ1) is 12.4. The standard InChI is InChI=1S/C10H13N5O2S/c1-15-10(6-7-12-15)14-18(16,17)9-4-2-8(13-11)3-5-9/h2-7,13-14H,11H2,1H3. The summed E-state index contributed by atoms with van der Waals surface area (Å²) in [7, 11) is -1.96. The highest BCUT2D eigenvalue weighted by Gasteiger charge is 2.15. The molecule has 0 amide bonds. The summed E-state index contributed by atoms with van der Waals surface area (Å²) in [5.74, 6) is 5.61. The van der Waals surface area contributed by atoms with E-state index in [0.29, 0.717) is 11.5 Å². The molecule has 0 saturated carbocycles. The molecule has 0 fully saturated rings. The SMILES string of the molecule is Cn1nccc1NS(=O)(=O)c1ccc(NN)cc1. The van der Waals surface area contributed by atoms with Crippen molar-refractivity contribution in [2.75, 3.05) is 10.1 Å². The van der Waals surface area contributed by atoms with Gasteiger partial charge in [-0.05, 0) is 24.3 Å². The fourth-order valence-corrected chi connectivity index (χ4v) is 2.49. The normalized spacial score (nSPS) is 11.2. The van der Waals surface area contributed by atoms with E-state index in [0.717, 1.165) is 0 Å². The minimum atomic E-state index is -3.61. The highest BCUT2D eigenvalue weighted by Crippen LogP contribution is 2.17. The summed E-state index contributed by atoms with van der Waals surface area (Å²) in [4.78, 5) is 0.155. The van der Waals surface area contributed by atoms with Gasteiger partial charge in [-0.2, -0.15) is 5.10 Å². The Hall–Kier alpha value is -2.06. The molecule has 0 saturated heterocycles. The number of hydrogen-bond donors (Lipinski definition) is 3. The first-order valence-electron chi connectivity index (χ1n) is 5.10. The van der Waals surface area contributed by atoms with Crippen LogP contribution in [0.3, 0.4) is 0 Å². The molecular formula is C10H13N5O2S. The van der Waals surface area contributed by atoms with Gasteiger partial charge in [-0.15, -0.1) is 0 Å². The second kappa shape index (κ2) is 4.67. The van der Waals surface area contributed by atoms with Gasteiger partial charge in [0, 0.05) is 18.8 Å². The Bertz CT molecular complexity index is 633. The molecule has 0 aliphatic heterocycles. The second-order valence-electron chi connectivity index (χ2n) is 3.61. The van der Waals surface area contributed by atoms with Crippen LogP contribution < -0.4 is 16.0 Å². The predicted octanol–water partition coefficient (Wildman–Crippen LogP) is 0.506. The van der Waals surface area contributed by atoms with Crippen molar-refractivity contribution in [1.82, 2.24) is 9.78 Å². The van der Waals surface area contributed by atoms with Crippen LogP contribution in [0, 0.1) is 0 Å². The van der Waals surface area contributed by atoms with Crippen molar-refractivity contribution in [3.05, 3.63) is 36.5 Å². The summed E-state index contributed by atoms with van der Waals surface area (Å²) < 4.78 is 28.0. The molecule has 8 heteroatoms. The number of nitrogens with two attached hydrogens (primary N) is 1. The minimum Gasteiger partial charge on any atom is -0.324 e. The molecular weight excluding hydrogens is 254 g/mol. The van der Waals surface area contributed by atoms with Crippen molar-refractivity contribution in [3.8, 4) is 0 Å². The van der Waals surface area contributed by atoms with Crippen molar-refractivity contribution < 1.29 is 8.42 Å². The summed E-state index contributed by atoms with van der Waals surface area (Å²) in [6.07, 6.45) is 1.51. The van der Waals surface area contributed by atoms with Crippen molar-refractivity contribution >= 4 is 21.5 Å². The molecule has 7 nitrogen and oxygen atoms in total. The lowest BCUT2D eigenvalue weighted by Crippen LogP contribution is -2.15. The number of sulfonamides is 1. The molecule has 0 aliphatic rings. The molecule has 0 spiro atoms. The van der Waals surface area contributed by atoms with Gasteiger partial charge in [0.25, 0.3) is 10.0 Å². The lowest BCUT2D eigenvalue weighted by molar-refractivity contribution is 0.600. The average molecular weight is 267 g/mol. The fourth-order valence-electron chi connectivity index (χ4n) is 1.40. The Labute approximate surface area is 105 Å². The van der Waals surface area contributed by atoms with Gasteiger partial charge in [0.2, 0.25) is 0 Å². The number of aryl methyl sites for hydroxylation is 1. The van der Waals surface area contributed by atoms with Crippen molar-refractivity contribution in [1.29, 1.82) is 0 Å². The Morgan fingerprint density at radius 1 is 1.22 bits per heavy atom. The summed E-state index contributed by atoms with van der Waals surface area (Å²) in [5.41, 5.74) is 3.06. The largest absolute Gasteiger partial charge is 0.324 e. The van der Waals surface area contributed by atoms with Crippen LogP contribution in [0.4, 0.5) is 11.5 Å². The quantitative estimate of drug-likeness (QED) is 0.553. The van der Waals surface area contributed by atoms with E-state index in [4.69, 9.17) is 5.84 Å². The first-order chi connectivity index (χ1) is 8.53. The van der Waals surface area contributed by atoms with E-state index in [1.807, 2.05) is 0 Å². The number of benzene rings is 1. The van der Waals surface area contributed by atoms with Gasteiger partial charge < -0.3 is 5.43 Å². The number of hydrogen-bond acceptors (Lipinski definition) is 5. The molecule has 0 atom stereocenters. The topological polar surface area (TPSA) is 102 Å². The van der Waals surface area contributed by atoms with Crippen molar-refractivity contribution in [2.45, 2.75) is 4.90 Å². The van der Waals surface area contributed by atoms with Crippen LogP contribution in [0.1, 0.15) is 0 Å². The molecule has 1 aromatic carbocycles. The van der Waals surface area contributed by atoms with Crippen LogP contribution >= 0.6 is 0 Å². The highest BCUT2D eigenvalue weighted by molar-refractivity contribution is 7.92. The number of hydrazine groups is 1. The zero-order valence-corrected chi connectivity index (χ0v) is 10.5. The number of nitrogens with one attached hydrogen (secondary N) is 2. The smallest absolute Gasteiger partial charge is 0.263 e. The van der Waals surface area contributed by atoms with Gasteiger partial charge in [-0.25, -0.2) is 8.42 Å². The van der Waals surface area contributed by atoms with Gasteiger partial charge in [-0.1, -0.05) is 0 Å². The van der Waals surface area contributed by atoms with E-state index in [1.54, 1.807) is 25.2 Å².